The minimum absolute atomic E-state index is 0.672. The van der Waals surface area contributed by atoms with E-state index in [2.05, 4.69) is 21.4 Å². The summed E-state index contributed by atoms with van der Waals surface area (Å²) in [5, 5.41) is 5.08. The monoisotopic (exact) mass is 219 g/mol. The van der Waals surface area contributed by atoms with E-state index in [9.17, 15) is 0 Å². The number of benzene rings is 1. The van der Waals surface area contributed by atoms with E-state index < -0.39 is 0 Å². The average molecular weight is 219 g/mol. The smallest absolute Gasteiger partial charge is 0.166 e. The minimum Gasteiger partial charge on any atom is -0.333 e. The van der Waals surface area contributed by atoms with E-state index in [0.29, 0.717) is 5.25 Å². The Bertz CT molecular complexity index is 427. The van der Waals surface area contributed by atoms with Crippen LogP contribution in [-0.2, 0) is 0 Å². The molecule has 3 rings (SSSR count). The fraction of sp³-hybridized carbons (Fsp3) is 0.364. The summed E-state index contributed by atoms with van der Waals surface area (Å²) in [7, 11) is 0. The Morgan fingerprint density at radius 2 is 2.27 bits per heavy atom. The molecular weight excluding hydrogens is 206 g/mol. The van der Waals surface area contributed by atoms with Crippen molar-refractivity contribution < 1.29 is 0 Å². The highest BCUT2D eigenvalue weighted by Crippen LogP contribution is 2.26. The predicted octanol–water partition coefficient (Wildman–Crippen LogP) is 2.02. The Morgan fingerprint density at radius 1 is 1.33 bits per heavy atom. The Balaban J connectivity index is 1.84. The molecule has 2 heterocycles. The van der Waals surface area contributed by atoms with Gasteiger partial charge >= 0.3 is 0 Å². The lowest BCUT2D eigenvalue weighted by atomic mass is 10.3. The van der Waals surface area contributed by atoms with Gasteiger partial charge in [0.15, 0.2) is 5.16 Å². The molecule has 0 aliphatic carbocycles. The first-order chi connectivity index (χ1) is 7.42. The van der Waals surface area contributed by atoms with Gasteiger partial charge in [0.2, 0.25) is 0 Å². The molecule has 15 heavy (non-hydrogen) atoms. The lowest BCUT2D eigenvalue weighted by Crippen LogP contribution is -2.10. The average Bonchev–Trinajstić information content (AvgIpc) is 2.86. The van der Waals surface area contributed by atoms with Gasteiger partial charge in [-0.1, -0.05) is 23.9 Å². The van der Waals surface area contributed by atoms with Crippen molar-refractivity contribution in [2.45, 2.75) is 16.8 Å². The fourth-order valence-corrected chi connectivity index (χ4v) is 2.94. The predicted molar refractivity (Wildman–Crippen MR) is 63.2 cm³/mol. The third kappa shape index (κ3) is 1.87. The number of aromatic nitrogens is 2. The molecule has 1 aliphatic heterocycles. The summed E-state index contributed by atoms with van der Waals surface area (Å²) < 4.78 is 0. The first kappa shape index (κ1) is 9.24. The van der Waals surface area contributed by atoms with Crippen LogP contribution in [0.1, 0.15) is 6.42 Å². The molecule has 1 aromatic carbocycles. The van der Waals surface area contributed by atoms with Gasteiger partial charge in [-0.15, -0.1) is 0 Å². The molecule has 78 valence electrons. The van der Waals surface area contributed by atoms with Gasteiger partial charge in [0.05, 0.1) is 11.0 Å². The summed E-state index contributed by atoms with van der Waals surface area (Å²) in [6, 6.07) is 8.17. The molecule has 0 spiro atoms. The van der Waals surface area contributed by atoms with Crippen LogP contribution in [0.2, 0.25) is 0 Å². The zero-order valence-corrected chi connectivity index (χ0v) is 9.18. The van der Waals surface area contributed by atoms with Gasteiger partial charge in [-0.05, 0) is 25.1 Å². The number of fused-ring (bicyclic) bond motifs is 1. The summed E-state index contributed by atoms with van der Waals surface area (Å²) in [5.74, 6) is 0. The van der Waals surface area contributed by atoms with Crippen molar-refractivity contribution in [3.05, 3.63) is 24.3 Å². The molecule has 1 atom stereocenters. The van der Waals surface area contributed by atoms with E-state index >= 15 is 0 Å². The number of aromatic amines is 1. The van der Waals surface area contributed by atoms with Gasteiger partial charge in [0.1, 0.15) is 0 Å². The van der Waals surface area contributed by atoms with E-state index in [1.807, 2.05) is 30.0 Å². The topological polar surface area (TPSA) is 40.7 Å². The van der Waals surface area contributed by atoms with Gasteiger partial charge < -0.3 is 10.3 Å². The Kier molecular flexibility index (Phi) is 2.38. The molecule has 1 aromatic heterocycles. The highest BCUT2D eigenvalue weighted by atomic mass is 32.2. The number of hydrogen-bond donors (Lipinski definition) is 2. The molecule has 0 unspecified atom stereocenters. The highest BCUT2D eigenvalue weighted by Gasteiger charge is 2.17. The molecule has 2 aromatic rings. The van der Waals surface area contributed by atoms with E-state index in [1.54, 1.807) is 0 Å². The normalized spacial score (nSPS) is 21.2. The Hall–Kier alpha value is -1.00. The second-order valence-electron chi connectivity index (χ2n) is 3.79. The number of thioether (sulfide) groups is 1. The van der Waals surface area contributed by atoms with Gasteiger partial charge in [0, 0.05) is 11.8 Å². The van der Waals surface area contributed by atoms with E-state index in [0.717, 1.165) is 29.3 Å². The van der Waals surface area contributed by atoms with Crippen LogP contribution in [0.3, 0.4) is 0 Å². The van der Waals surface area contributed by atoms with Crippen LogP contribution in [0.25, 0.3) is 11.0 Å². The zero-order valence-electron chi connectivity index (χ0n) is 8.36. The van der Waals surface area contributed by atoms with Crippen LogP contribution in [0.4, 0.5) is 0 Å². The summed E-state index contributed by atoms with van der Waals surface area (Å²) >= 11 is 1.85. The quantitative estimate of drug-likeness (QED) is 0.812. The molecule has 0 bridgehead atoms. The number of para-hydroxylation sites is 2. The molecule has 4 heteroatoms. The first-order valence-electron chi connectivity index (χ1n) is 5.24. The number of rotatable bonds is 2. The van der Waals surface area contributed by atoms with E-state index in [4.69, 9.17) is 0 Å². The van der Waals surface area contributed by atoms with Crippen molar-refractivity contribution in [3.8, 4) is 0 Å². The van der Waals surface area contributed by atoms with Gasteiger partial charge in [0.25, 0.3) is 0 Å². The largest absolute Gasteiger partial charge is 0.333 e. The van der Waals surface area contributed by atoms with Crippen LogP contribution in [0, 0.1) is 0 Å². The van der Waals surface area contributed by atoms with Crippen LogP contribution >= 0.6 is 11.8 Å². The molecule has 0 amide bonds. The zero-order chi connectivity index (χ0) is 10.1. The standard InChI is InChI=1S/C11H13N3S/c1-2-4-10-9(3-1)13-11(14-10)15-8-5-6-12-7-8/h1-4,8,12H,5-7H2,(H,13,14)/t8-/m1/s1. The van der Waals surface area contributed by atoms with Crippen LogP contribution in [-0.4, -0.2) is 28.3 Å². The minimum atomic E-state index is 0.672. The summed E-state index contributed by atoms with van der Waals surface area (Å²) in [6.07, 6.45) is 1.24. The summed E-state index contributed by atoms with van der Waals surface area (Å²) in [4.78, 5) is 7.90. The molecule has 0 saturated carbocycles. The third-order valence-electron chi connectivity index (χ3n) is 2.66. The number of hydrogen-bond acceptors (Lipinski definition) is 3. The van der Waals surface area contributed by atoms with Gasteiger partial charge in [-0.2, -0.15) is 0 Å². The van der Waals surface area contributed by atoms with Crippen LogP contribution in [0.5, 0.6) is 0 Å². The summed E-state index contributed by atoms with van der Waals surface area (Å²) in [5.41, 5.74) is 2.19. The molecular formula is C11H13N3S. The second-order valence-corrected chi connectivity index (χ2v) is 5.08. The van der Waals surface area contributed by atoms with Gasteiger partial charge in [-0.3, -0.25) is 0 Å². The maximum atomic E-state index is 4.56. The van der Waals surface area contributed by atoms with Crippen molar-refractivity contribution in [1.82, 2.24) is 15.3 Å². The molecule has 0 radical (unpaired) electrons. The lowest BCUT2D eigenvalue weighted by molar-refractivity contribution is 0.858. The molecule has 1 fully saturated rings. The number of nitrogens with zero attached hydrogens (tertiary/aromatic N) is 1. The second kappa shape index (κ2) is 3.87. The maximum Gasteiger partial charge on any atom is 0.166 e. The fourth-order valence-electron chi connectivity index (χ4n) is 1.87. The Labute approximate surface area is 92.7 Å². The third-order valence-corrected chi connectivity index (χ3v) is 3.81. The molecule has 1 saturated heterocycles. The van der Waals surface area contributed by atoms with Crippen molar-refractivity contribution in [2.24, 2.45) is 0 Å². The number of H-pyrrole nitrogens is 1. The molecule has 1 aliphatic rings. The van der Waals surface area contributed by atoms with Crippen molar-refractivity contribution in [1.29, 1.82) is 0 Å². The van der Waals surface area contributed by atoms with E-state index in [1.165, 1.54) is 6.42 Å². The first-order valence-corrected chi connectivity index (χ1v) is 6.12. The van der Waals surface area contributed by atoms with Crippen molar-refractivity contribution in [2.75, 3.05) is 13.1 Å². The lowest BCUT2D eigenvalue weighted by Gasteiger charge is -2.03. The number of imidazole rings is 1. The molecule has 2 N–H and O–H groups in total. The van der Waals surface area contributed by atoms with Crippen molar-refractivity contribution >= 4 is 22.8 Å². The van der Waals surface area contributed by atoms with Crippen molar-refractivity contribution in [3.63, 3.8) is 0 Å². The number of nitrogens with one attached hydrogen (secondary N) is 2. The van der Waals surface area contributed by atoms with Crippen LogP contribution < -0.4 is 5.32 Å². The SMILES string of the molecule is c1ccc2[nH]c(S[C@@H]3CCNC3)nc2c1. The highest BCUT2D eigenvalue weighted by molar-refractivity contribution is 7.99. The van der Waals surface area contributed by atoms with E-state index in [-0.39, 0.29) is 0 Å². The van der Waals surface area contributed by atoms with Gasteiger partial charge in [-0.25, -0.2) is 4.98 Å². The Morgan fingerprint density at radius 3 is 3.07 bits per heavy atom. The van der Waals surface area contributed by atoms with Crippen LogP contribution in [0.15, 0.2) is 29.4 Å². The summed E-state index contributed by atoms with van der Waals surface area (Å²) in [6.45, 7) is 2.24. The maximum absolute atomic E-state index is 4.56. The molecule has 3 nitrogen and oxygen atoms in total.